The van der Waals surface area contributed by atoms with Crippen LogP contribution < -0.4 is 15.5 Å². The molecule has 172 valence electrons. The quantitative estimate of drug-likeness (QED) is 0.469. The number of benzene rings is 2. The molecule has 0 unspecified atom stereocenters. The zero-order valence-electron chi connectivity index (χ0n) is 18.1. The topological polar surface area (TPSA) is 117 Å². The summed E-state index contributed by atoms with van der Waals surface area (Å²) in [6, 6.07) is 13.6. The zero-order chi connectivity index (χ0) is 23.4. The number of hydrogen-bond donors (Lipinski definition) is 3. The Balaban J connectivity index is 1.50. The Morgan fingerprint density at radius 2 is 1.79 bits per heavy atom. The summed E-state index contributed by atoms with van der Waals surface area (Å²) in [5.74, 6) is -0.551. The van der Waals surface area contributed by atoms with Crippen LogP contribution in [0.1, 0.15) is 18.0 Å². The van der Waals surface area contributed by atoms with E-state index in [4.69, 9.17) is 0 Å². The molecule has 9 nitrogen and oxygen atoms in total. The molecule has 0 bridgehead atoms. The van der Waals surface area contributed by atoms with Crippen LogP contribution >= 0.6 is 11.8 Å². The molecule has 1 aliphatic rings. The summed E-state index contributed by atoms with van der Waals surface area (Å²) >= 11 is 1.54. The maximum absolute atomic E-state index is 13.1. The number of anilines is 1. The summed E-state index contributed by atoms with van der Waals surface area (Å²) in [6.07, 6.45) is 2.27. The third-order valence-electron chi connectivity index (χ3n) is 5.56. The van der Waals surface area contributed by atoms with Gasteiger partial charge in [0, 0.05) is 13.1 Å². The second-order valence-corrected chi connectivity index (χ2v) is 8.66. The van der Waals surface area contributed by atoms with Gasteiger partial charge in [0.1, 0.15) is 6.04 Å². The predicted octanol–water partition coefficient (Wildman–Crippen LogP) is 2.63. The van der Waals surface area contributed by atoms with E-state index in [-0.39, 0.29) is 0 Å². The van der Waals surface area contributed by atoms with Crippen LogP contribution in [0.15, 0.2) is 54.6 Å². The Kier molecular flexibility index (Phi) is 6.83. The van der Waals surface area contributed by atoms with Gasteiger partial charge in [-0.1, -0.05) is 42.5 Å². The van der Waals surface area contributed by atoms with Crippen molar-refractivity contribution in [3.63, 3.8) is 0 Å². The van der Waals surface area contributed by atoms with Crippen LogP contribution in [0, 0.1) is 0 Å². The molecule has 2 heterocycles. The molecule has 3 aromatic rings. The molecule has 1 aliphatic heterocycles. The summed E-state index contributed by atoms with van der Waals surface area (Å²) in [5.41, 5.74) is 2.21. The molecule has 0 saturated heterocycles. The minimum Gasteiger partial charge on any atom is -0.479 e. The molecule has 0 radical (unpaired) electrons. The van der Waals surface area contributed by atoms with E-state index in [1.54, 1.807) is 42.1 Å². The molecule has 10 heteroatoms. The van der Waals surface area contributed by atoms with Crippen LogP contribution in [0.5, 0.6) is 0 Å². The fourth-order valence-electron chi connectivity index (χ4n) is 3.89. The van der Waals surface area contributed by atoms with Gasteiger partial charge in [0.25, 0.3) is 0 Å². The number of amides is 3. The van der Waals surface area contributed by atoms with Gasteiger partial charge in [0.15, 0.2) is 6.04 Å². The first kappa shape index (κ1) is 22.7. The fraction of sp³-hybridized carbons (Fsp3) is 0.304. The number of hydrogen-bond acceptors (Lipinski definition) is 5. The molecule has 0 saturated carbocycles. The van der Waals surface area contributed by atoms with E-state index in [1.165, 1.54) is 4.90 Å². The molecular formula is C23H25N5O4S. The lowest BCUT2D eigenvalue weighted by molar-refractivity contribution is -0.142. The molecule has 0 fully saturated rings. The predicted molar refractivity (Wildman–Crippen MR) is 127 cm³/mol. The van der Waals surface area contributed by atoms with Gasteiger partial charge in [0.2, 0.25) is 11.9 Å². The van der Waals surface area contributed by atoms with Gasteiger partial charge in [-0.25, -0.2) is 14.6 Å². The SMILES string of the molecule is CSCC[C@H](NC(=O)N1CCn2c1nc1ccccc12)C(=O)N[C@@H](C(=O)O)c1ccccc1. The number of urea groups is 1. The van der Waals surface area contributed by atoms with E-state index < -0.39 is 30.0 Å². The number of nitrogens with one attached hydrogen (secondary N) is 2. The molecule has 2 aromatic carbocycles. The van der Waals surface area contributed by atoms with Crippen LogP contribution in [-0.4, -0.2) is 57.2 Å². The highest BCUT2D eigenvalue weighted by atomic mass is 32.2. The second kappa shape index (κ2) is 9.95. The molecular weight excluding hydrogens is 442 g/mol. The highest BCUT2D eigenvalue weighted by Crippen LogP contribution is 2.27. The van der Waals surface area contributed by atoms with E-state index in [0.29, 0.717) is 36.8 Å². The molecule has 0 aliphatic carbocycles. The van der Waals surface area contributed by atoms with Crippen molar-refractivity contribution in [2.24, 2.45) is 0 Å². The number of thioether (sulfide) groups is 1. The fourth-order valence-corrected chi connectivity index (χ4v) is 4.36. The number of fused-ring (bicyclic) bond motifs is 3. The van der Waals surface area contributed by atoms with Gasteiger partial charge < -0.3 is 20.3 Å². The van der Waals surface area contributed by atoms with E-state index in [0.717, 1.165) is 11.0 Å². The van der Waals surface area contributed by atoms with Gasteiger partial charge in [-0.3, -0.25) is 9.69 Å². The van der Waals surface area contributed by atoms with Crippen LogP contribution in [0.4, 0.5) is 10.7 Å². The minimum absolute atomic E-state index is 0.365. The van der Waals surface area contributed by atoms with E-state index in [2.05, 4.69) is 15.6 Å². The largest absolute Gasteiger partial charge is 0.479 e. The second-order valence-electron chi connectivity index (χ2n) is 7.68. The number of nitrogens with zero attached hydrogens (tertiary/aromatic N) is 3. The Bertz CT molecular complexity index is 1170. The number of aromatic nitrogens is 2. The number of carbonyl (C=O) groups is 3. The maximum atomic E-state index is 13.1. The van der Waals surface area contributed by atoms with Crippen molar-refractivity contribution in [1.29, 1.82) is 0 Å². The lowest BCUT2D eigenvalue weighted by atomic mass is 10.1. The van der Waals surface area contributed by atoms with Gasteiger partial charge in [0.05, 0.1) is 11.0 Å². The first-order valence-corrected chi connectivity index (χ1v) is 12.0. The molecule has 1 aromatic heterocycles. The molecule has 3 N–H and O–H groups in total. The first-order chi connectivity index (χ1) is 16.0. The van der Waals surface area contributed by atoms with Crippen LogP contribution in [-0.2, 0) is 16.1 Å². The molecule has 4 rings (SSSR count). The third kappa shape index (κ3) is 4.80. The van der Waals surface area contributed by atoms with E-state index >= 15 is 0 Å². The van der Waals surface area contributed by atoms with Gasteiger partial charge in [-0.2, -0.15) is 11.8 Å². The average Bonchev–Trinajstić information content (AvgIpc) is 3.39. The van der Waals surface area contributed by atoms with Crippen LogP contribution in [0.25, 0.3) is 11.0 Å². The standard InChI is InChI=1S/C23H25N5O4S/c1-33-14-11-17(20(29)26-19(21(30)31)15-7-3-2-4-8-15)25-23(32)28-13-12-27-18-10-6-5-9-16(18)24-22(27)28/h2-10,17,19H,11-14H2,1H3,(H,25,32)(H,26,29)(H,30,31)/t17-,19+/m0/s1. The normalized spacial score (nSPS) is 14.5. The first-order valence-electron chi connectivity index (χ1n) is 10.6. The van der Waals surface area contributed by atoms with Crippen LogP contribution in [0.2, 0.25) is 0 Å². The number of aliphatic carboxylic acids is 1. The summed E-state index contributed by atoms with van der Waals surface area (Å²) in [4.78, 5) is 44.0. The Morgan fingerprint density at radius 3 is 2.52 bits per heavy atom. The lowest BCUT2D eigenvalue weighted by Gasteiger charge is -2.23. The smallest absolute Gasteiger partial charge is 0.330 e. The highest BCUT2D eigenvalue weighted by molar-refractivity contribution is 7.98. The lowest BCUT2D eigenvalue weighted by Crippen LogP contribution is -2.52. The van der Waals surface area contributed by atoms with Crippen molar-refractivity contribution in [3.8, 4) is 0 Å². The number of carboxylic acid groups (broad SMARTS) is 1. The van der Waals surface area contributed by atoms with Crippen molar-refractivity contribution in [3.05, 3.63) is 60.2 Å². The number of rotatable bonds is 8. The Hall–Kier alpha value is -3.53. The zero-order valence-corrected chi connectivity index (χ0v) is 18.9. The summed E-state index contributed by atoms with van der Waals surface area (Å²) in [7, 11) is 0. The van der Waals surface area contributed by atoms with Crippen molar-refractivity contribution in [2.45, 2.75) is 25.0 Å². The number of para-hydroxylation sites is 2. The summed E-state index contributed by atoms with van der Waals surface area (Å²) in [5, 5.41) is 15.0. The monoisotopic (exact) mass is 467 g/mol. The molecule has 2 atom stereocenters. The molecule has 33 heavy (non-hydrogen) atoms. The van der Waals surface area contributed by atoms with E-state index in [9.17, 15) is 19.5 Å². The van der Waals surface area contributed by atoms with Crippen LogP contribution in [0.3, 0.4) is 0 Å². The highest BCUT2D eigenvalue weighted by Gasteiger charge is 2.32. The number of carboxylic acids is 1. The average molecular weight is 468 g/mol. The van der Waals surface area contributed by atoms with Gasteiger partial charge in [-0.15, -0.1) is 0 Å². The third-order valence-corrected chi connectivity index (χ3v) is 6.20. The maximum Gasteiger partial charge on any atom is 0.330 e. The van der Waals surface area contributed by atoms with Crippen molar-refractivity contribution in [1.82, 2.24) is 20.2 Å². The Morgan fingerprint density at radius 1 is 1.06 bits per heavy atom. The molecule has 3 amide bonds. The number of carbonyl (C=O) groups excluding carboxylic acids is 2. The Labute approximate surface area is 195 Å². The van der Waals surface area contributed by atoms with Crippen molar-refractivity contribution < 1.29 is 19.5 Å². The summed E-state index contributed by atoms with van der Waals surface area (Å²) < 4.78 is 1.97. The summed E-state index contributed by atoms with van der Waals surface area (Å²) in [6.45, 7) is 1.05. The minimum atomic E-state index is -1.21. The van der Waals surface area contributed by atoms with Crippen molar-refractivity contribution >= 4 is 46.7 Å². The van der Waals surface area contributed by atoms with Crippen molar-refractivity contribution in [2.75, 3.05) is 23.5 Å². The van der Waals surface area contributed by atoms with Gasteiger partial charge >= 0.3 is 12.0 Å². The van der Waals surface area contributed by atoms with E-state index in [1.807, 2.05) is 35.1 Å². The number of imidazole rings is 1. The van der Waals surface area contributed by atoms with Gasteiger partial charge in [-0.05, 0) is 36.1 Å². The molecule has 0 spiro atoms.